The molecule has 0 unspecified atom stereocenters. The molecule has 2 N–H and O–H groups in total. The SMILES string of the molecule is C[C@@H](OC(=O)CN1C(=O)N[C@@](C)(c2ccccc2)C1=O)C(=O)N1CCNC1=O. The molecule has 1 aromatic rings. The predicted octanol–water partition coefficient (Wildman–Crippen LogP) is -0.0629. The molecule has 2 aliphatic heterocycles. The van der Waals surface area contributed by atoms with Crippen molar-refractivity contribution >= 4 is 29.8 Å². The van der Waals surface area contributed by atoms with Gasteiger partial charge in [0.05, 0.1) is 0 Å². The zero-order valence-corrected chi connectivity index (χ0v) is 15.4. The van der Waals surface area contributed by atoms with Gasteiger partial charge in [-0.3, -0.25) is 24.2 Å². The molecule has 2 atom stereocenters. The van der Waals surface area contributed by atoms with E-state index in [4.69, 9.17) is 4.74 Å². The van der Waals surface area contributed by atoms with E-state index in [0.717, 1.165) is 9.80 Å². The first-order valence-corrected chi connectivity index (χ1v) is 8.72. The molecule has 0 aromatic heterocycles. The number of hydrogen-bond acceptors (Lipinski definition) is 6. The molecule has 6 amide bonds. The van der Waals surface area contributed by atoms with Gasteiger partial charge in [0.2, 0.25) is 0 Å². The molecule has 3 rings (SSSR count). The molecule has 2 heterocycles. The van der Waals surface area contributed by atoms with Crippen LogP contribution in [0.5, 0.6) is 0 Å². The lowest BCUT2D eigenvalue weighted by Gasteiger charge is -2.22. The molecular weight excluding hydrogens is 368 g/mol. The summed E-state index contributed by atoms with van der Waals surface area (Å²) in [6.07, 6.45) is -1.22. The van der Waals surface area contributed by atoms with E-state index in [9.17, 15) is 24.0 Å². The van der Waals surface area contributed by atoms with Crippen LogP contribution in [0, 0.1) is 0 Å². The van der Waals surface area contributed by atoms with Crippen molar-refractivity contribution in [2.75, 3.05) is 19.6 Å². The lowest BCUT2D eigenvalue weighted by atomic mass is 9.92. The van der Waals surface area contributed by atoms with Gasteiger partial charge in [0.25, 0.3) is 11.8 Å². The van der Waals surface area contributed by atoms with Gasteiger partial charge in [0.1, 0.15) is 12.1 Å². The summed E-state index contributed by atoms with van der Waals surface area (Å²) in [5, 5.41) is 5.05. The Morgan fingerprint density at radius 2 is 1.86 bits per heavy atom. The van der Waals surface area contributed by atoms with Crippen LogP contribution >= 0.6 is 0 Å². The third-order valence-corrected chi connectivity index (χ3v) is 4.69. The maximum Gasteiger partial charge on any atom is 0.327 e. The summed E-state index contributed by atoms with van der Waals surface area (Å²) in [4.78, 5) is 62.6. The van der Waals surface area contributed by atoms with Crippen LogP contribution in [0.3, 0.4) is 0 Å². The Bertz CT molecular complexity index is 842. The van der Waals surface area contributed by atoms with Crippen molar-refractivity contribution in [2.45, 2.75) is 25.5 Å². The van der Waals surface area contributed by atoms with Crippen molar-refractivity contribution in [2.24, 2.45) is 0 Å². The minimum Gasteiger partial charge on any atom is -0.451 e. The molecule has 148 valence electrons. The van der Waals surface area contributed by atoms with Crippen molar-refractivity contribution < 1.29 is 28.7 Å². The monoisotopic (exact) mass is 388 g/mol. The number of rotatable bonds is 5. The first-order chi connectivity index (χ1) is 13.2. The van der Waals surface area contributed by atoms with E-state index in [-0.39, 0.29) is 6.54 Å². The van der Waals surface area contributed by atoms with Crippen LogP contribution < -0.4 is 10.6 Å². The van der Waals surface area contributed by atoms with Gasteiger partial charge in [-0.1, -0.05) is 30.3 Å². The summed E-state index contributed by atoms with van der Waals surface area (Å²) >= 11 is 0. The van der Waals surface area contributed by atoms with Crippen molar-refractivity contribution in [3.05, 3.63) is 35.9 Å². The second-order valence-electron chi connectivity index (χ2n) is 6.67. The fourth-order valence-electron chi connectivity index (χ4n) is 3.12. The molecule has 2 saturated heterocycles. The van der Waals surface area contributed by atoms with Crippen LogP contribution in [-0.4, -0.2) is 65.4 Å². The molecule has 2 aliphatic rings. The van der Waals surface area contributed by atoms with E-state index in [0.29, 0.717) is 12.1 Å². The highest BCUT2D eigenvalue weighted by atomic mass is 16.5. The summed E-state index contributed by atoms with van der Waals surface area (Å²) in [5.41, 5.74) is -0.721. The second kappa shape index (κ2) is 7.29. The molecule has 0 aliphatic carbocycles. The number of hydrogen-bond donors (Lipinski definition) is 2. The minimum absolute atomic E-state index is 0.183. The summed E-state index contributed by atoms with van der Waals surface area (Å²) < 4.78 is 5.02. The van der Waals surface area contributed by atoms with Gasteiger partial charge in [-0.05, 0) is 19.4 Å². The maximum atomic E-state index is 12.8. The van der Waals surface area contributed by atoms with Crippen molar-refractivity contribution in [3.63, 3.8) is 0 Å². The molecule has 0 spiro atoms. The average Bonchev–Trinajstić information content (AvgIpc) is 3.19. The fraction of sp³-hybridized carbons (Fsp3) is 0.389. The van der Waals surface area contributed by atoms with Gasteiger partial charge in [-0.15, -0.1) is 0 Å². The molecule has 0 radical (unpaired) electrons. The Kier molecular flexibility index (Phi) is 5.04. The highest BCUT2D eigenvalue weighted by molar-refractivity contribution is 6.09. The normalized spacial score (nSPS) is 22.7. The number of urea groups is 2. The standard InChI is InChI=1S/C18H20N4O6/c1-11(14(24)21-9-8-19-16(21)26)28-13(23)10-22-15(25)18(2,20-17(22)27)12-6-4-3-5-7-12/h3-7,11H,8-10H2,1-2H3,(H,19,26)(H,20,27)/t11-,18+/m1/s1. The number of benzene rings is 1. The smallest absolute Gasteiger partial charge is 0.327 e. The number of amides is 6. The Morgan fingerprint density at radius 1 is 1.18 bits per heavy atom. The fourth-order valence-corrected chi connectivity index (χ4v) is 3.12. The largest absolute Gasteiger partial charge is 0.451 e. The van der Waals surface area contributed by atoms with Crippen LogP contribution in [0.4, 0.5) is 9.59 Å². The number of nitrogens with one attached hydrogen (secondary N) is 2. The molecule has 1 aromatic carbocycles. The minimum atomic E-state index is -1.30. The summed E-state index contributed by atoms with van der Waals surface area (Å²) in [6.45, 7) is 2.74. The molecule has 10 heteroatoms. The number of esters is 1. The summed E-state index contributed by atoms with van der Waals surface area (Å²) in [7, 11) is 0. The number of nitrogens with zero attached hydrogens (tertiary/aromatic N) is 2. The quantitative estimate of drug-likeness (QED) is 0.538. The third kappa shape index (κ3) is 3.40. The van der Waals surface area contributed by atoms with Crippen molar-refractivity contribution in [3.8, 4) is 0 Å². The van der Waals surface area contributed by atoms with Gasteiger partial charge in [-0.25, -0.2) is 9.59 Å². The number of imide groups is 2. The van der Waals surface area contributed by atoms with Gasteiger partial charge >= 0.3 is 18.0 Å². The molecular formula is C18H20N4O6. The number of ether oxygens (including phenoxy) is 1. The molecule has 2 fully saturated rings. The lowest BCUT2D eigenvalue weighted by molar-refractivity contribution is -0.159. The van der Waals surface area contributed by atoms with E-state index in [1.807, 2.05) is 0 Å². The van der Waals surface area contributed by atoms with Gasteiger partial charge < -0.3 is 15.4 Å². The van der Waals surface area contributed by atoms with Crippen LogP contribution in [0.2, 0.25) is 0 Å². The van der Waals surface area contributed by atoms with E-state index < -0.39 is 48.0 Å². The first kappa shape index (κ1) is 19.3. The number of carbonyl (C=O) groups excluding carboxylic acids is 5. The van der Waals surface area contributed by atoms with Gasteiger partial charge in [0.15, 0.2) is 6.10 Å². The van der Waals surface area contributed by atoms with Crippen molar-refractivity contribution in [1.29, 1.82) is 0 Å². The highest BCUT2D eigenvalue weighted by Crippen LogP contribution is 2.28. The third-order valence-electron chi connectivity index (χ3n) is 4.69. The van der Waals surface area contributed by atoms with Crippen LogP contribution in [-0.2, 0) is 24.7 Å². The van der Waals surface area contributed by atoms with Crippen LogP contribution in [0.25, 0.3) is 0 Å². The Morgan fingerprint density at radius 3 is 2.46 bits per heavy atom. The van der Waals surface area contributed by atoms with E-state index in [1.165, 1.54) is 6.92 Å². The zero-order chi connectivity index (χ0) is 20.5. The van der Waals surface area contributed by atoms with E-state index >= 15 is 0 Å². The molecule has 0 saturated carbocycles. The zero-order valence-electron chi connectivity index (χ0n) is 15.4. The molecule has 0 bridgehead atoms. The number of carbonyl (C=O) groups is 5. The summed E-state index contributed by atoms with van der Waals surface area (Å²) in [6, 6.07) is 7.36. The topological polar surface area (TPSA) is 125 Å². The molecule has 28 heavy (non-hydrogen) atoms. The Labute approximate surface area is 160 Å². The van der Waals surface area contributed by atoms with Crippen molar-refractivity contribution in [1.82, 2.24) is 20.4 Å². The second-order valence-corrected chi connectivity index (χ2v) is 6.67. The average molecular weight is 388 g/mol. The highest BCUT2D eigenvalue weighted by Gasteiger charge is 2.49. The Hall–Kier alpha value is -3.43. The van der Waals surface area contributed by atoms with Crippen LogP contribution in [0.1, 0.15) is 19.4 Å². The summed E-state index contributed by atoms with van der Waals surface area (Å²) in [5.74, 6) is -2.20. The Balaban J connectivity index is 1.64. The lowest BCUT2D eigenvalue weighted by Crippen LogP contribution is -2.44. The van der Waals surface area contributed by atoms with E-state index in [1.54, 1.807) is 37.3 Å². The predicted molar refractivity (Wildman–Crippen MR) is 94.7 cm³/mol. The maximum absolute atomic E-state index is 12.8. The van der Waals surface area contributed by atoms with Gasteiger partial charge in [0, 0.05) is 13.1 Å². The van der Waals surface area contributed by atoms with Crippen LogP contribution in [0.15, 0.2) is 30.3 Å². The van der Waals surface area contributed by atoms with E-state index in [2.05, 4.69) is 10.6 Å². The van der Waals surface area contributed by atoms with Gasteiger partial charge in [-0.2, -0.15) is 0 Å². The first-order valence-electron chi connectivity index (χ1n) is 8.72. The molecule has 10 nitrogen and oxygen atoms in total.